The van der Waals surface area contributed by atoms with Crippen molar-refractivity contribution >= 4 is 27.3 Å². The van der Waals surface area contributed by atoms with E-state index in [4.69, 9.17) is 4.74 Å². The van der Waals surface area contributed by atoms with Gasteiger partial charge in [0.25, 0.3) is 0 Å². The van der Waals surface area contributed by atoms with Gasteiger partial charge in [0.1, 0.15) is 12.4 Å². The Bertz CT molecular complexity index is 533. The van der Waals surface area contributed by atoms with Gasteiger partial charge in [-0.25, -0.2) is 0 Å². The number of benzene rings is 1. The van der Waals surface area contributed by atoms with E-state index in [9.17, 15) is 0 Å². The molecule has 1 aromatic carbocycles. The predicted molar refractivity (Wildman–Crippen MR) is 74.8 cm³/mol. The van der Waals surface area contributed by atoms with Crippen molar-refractivity contribution in [1.82, 2.24) is 0 Å². The van der Waals surface area contributed by atoms with Crippen LogP contribution in [0.4, 0.5) is 0 Å². The minimum absolute atomic E-state index is 0.650. The second-order valence-electron chi connectivity index (χ2n) is 4.26. The fraction of sp³-hybridized carbons (Fsp3) is 0.286. The summed E-state index contributed by atoms with van der Waals surface area (Å²) in [6.07, 6.45) is 3.72. The van der Waals surface area contributed by atoms with Gasteiger partial charge in [0.05, 0.1) is 4.88 Å². The number of thiophene rings is 1. The Morgan fingerprint density at radius 2 is 2.06 bits per heavy atom. The summed E-state index contributed by atoms with van der Waals surface area (Å²) in [5, 5.41) is 2.07. The zero-order chi connectivity index (χ0) is 11.7. The SMILES string of the molecule is Brc1ccsc1COc1ccc2c(c1)CCC2. The molecule has 3 rings (SSSR count). The summed E-state index contributed by atoms with van der Waals surface area (Å²) in [5.74, 6) is 0.992. The molecule has 0 N–H and O–H groups in total. The van der Waals surface area contributed by atoms with Gasteiger partial charge in [-0.1, -0.05) is 6.07 Å². The molecule has 0 saturated heterocycles. The van der Waals surface area contributed by atoms with E-state index in [1.807, 2.05) is 0 Å². The molecule has 1 aliphatic carbocycles. The topological polar surface area (TPSA) is 9.23 Å². The van der Waals surface area contributed by atoms with Gasteiger partial charge in [0, 0.05) is 4.47 Å². The molecule has 3 heteroatoms. The first-order valence-corrected chi connectivity index (χ1v) is 7.46. The van der Waals surface area contributed by atoms with Crippen LogP contribution in [-0.4, -0.2) is 0 Å². The highest BCUT2D eigenvalue weighted by molar-refractivity contribution is 9.10. The summed E-state index contributed by atoms with van der Waals surface area (Å²) in [6, 6.07) is 8.56. The Balaban J connectivity index is 1.72. The van der Waals surface area contributed by atoms with Crippen molar-refractivity contribution < 1.29 is 4.74 Å². The summed E-state index contributed by atoms with van der Waals surface area (Å²) in [5.41, 5.74) is 2.96. The number of hydrogen-bond acceptors (Lipinski definition) is 2. The van der Waals surface area contributed by atoms with E-state index in [0.29, 0.717) is 6.61 Å². The molecular formula is C14H13BrOS. The molecular weight excluding hydrogens is 296 g/mol. The predicted octanol–water partition coefficient (Wildman–Crippen LogP) is 4.58. The first-order chi connectivity index (χ1) is 8.33. The zero-order valence-electron chi connectivity index (χ0n) is 9.41. The van der Waals surface area contributed by atoms with Crippen LogP contribution in [0.5, 0.6) is 5.75 Å². The normalized spacial score (nSPS) is 13.7. The fourth-order valence-electron chi connectivity index (χ4n) is 2.21. The van der Waals surface area contributed by atoms with Crippen molar-refractivity contribution in [2.45, 2.75) is 25.9 Å². The van der Waals surface area contributed by atoms with Crippen molar-refractivity contribution in [1.29, 1.82) is 0 Å². The summed E-state index contributed by atoms with van der Waals surface area (Å²) in [4.78, 5) is 1.24. The first kappa shape index (κ1) is 11.3. The minimum Gasteiger partial charge on any atom is -0.488 e. The van der Waals surface area contributed by atoms with Crippen LogP contribution in [0, 0.1) is 0 Å². The number of hydrogen-bond donors (Lipinski definition) is 0. The third-order valence-corrected chi connectivity index (χ3v) is 5.03. The van der Waals surface area contributed by atoms with Gasteiger partial charge in [0.15, 0.2) is 0 Å². The molecule has 1 nitrogen and oxygen atoms in total. The third-order valence-electron chi connectivity index (χ3n) is 3.13. The van der Waals surface area contributed by atoms with Crippen LogP contribution in [-0.2, 0) is 19.4 Å². The van der Waals surface area contributed by atoms with Crippen molar-refractivity contribution in [3.63, 3.8) is 0 Å². The van der Waals surface area contributed by atoms with Crippen LogP contribution in [0.25, 0.3) is 0 Å². The molecule has 0 aliphatic heterocycles. The van der Waals surface area contributed by atoms with E-state index < -0.39 is 0 Å². The van der Waals surface area contributed by atoms with E-state index in [1.54, 1.807) is 11.3 Å². The molecule has 0 radical (unpaired) electrons. The molecule has 0 unspecified atom stereocenters. The number of halogens is 1. The Hall–Kier alpha value is -0.800. The Morgan fingerprint density at radius 1 is 1.18 bits per heavy atom. The molecule has 0 fully saturated rings. The van der Waals surface area contributed by atoms with Crippen molar-refractivity contribution in [3.8, 4) is 5.75 Å². The standard InChI is InChI=1S/C14H13BrOS/c15-13-6-7-17-14(13)9-16-12-5-4-10-2-1-3-11(10)8-12/h4-8H,1-3,9H2. The highest BCUT2D eigenvalue weighted by Crippen LogP contribution is 2.28. The Kier molecular flexibility index (Phi) is 3.21. The van der Waals surface area contributed by atoms with Crippen LogP contribution in [0.1, 0.15) is 22.4 Å². The lowest BCUT2D eigenvalue weighted by Crippen LogP contribution is -1.94. The number of aryl methyl sites for hydroxylation is 2. The van der Waals surface area contributed by atoms with Crippen LogP contribution < -0.4 is 4.74 Å². The largest absolute Gasteiger partial charge is 0.488 e. The second kappa shape index (κ2) is 4.83. The highest BCUT2D eigenvalue weighted by atomic mass is 79.9. The molecule has 0 spiro atoms. The van der Waals surface area contributed by atoms with Gasteiger partial charge in [-0.2, -0.15) is 0 Å². The average Bonchev–Trinajstić information content (AvgIpc) is 2.94. The first-order valence-electron chi connectivity index (χ1n) is 5.79. The van der Waals surface area contributed by atoms with E-state index in [0.717, 1.165) is 10.2 Å². The second-order valence-corrected chi connectivity index (χ2v) is 6.12. The maximum atomic E-state index is 5.84. The summed E-state index contributed by atoms with van der Waals surface area (Å²) in [6.45, 7) is 0.650. The zero-order valence-corrected chi connectivity index (χ0v) is 11.8. The van der Waals surface area contributed by atoms with Crippen molar-refractivity contribution in [2.24, 2.45) is 0 Å². The molecule has 17 heavy (non-hydrogen) atoms. The van der Waals surface area contributed by atoms with Crippen molar-refractivity contribution in [3.05, 3.63) is 50.1 Å². The average molecular weight is 309 g/mol. The number of fused-ring (bicyclic) bond motifs is 1. The van der Waals surface area contributed by atoms with Crippen LogP contribution in [0.15, 0.2) is 34.1 Å². The summed E-state index contributed by atoms with van der Waals surface area (Å²) >= 11 is 5.24. The molecule has 1 aliphatic rings. The van der Waals surface area contributed by atoms with E-state index in [2.05, 4.69) is 45.6 Å². The van der Waals surface area contributed by atoms with Gasteiger partial charge in [-0.05, 0) is 69.9 Å². The third kappa shape index (κ3) is 2.40. The molecule has 0 atom stereocenters. The van der Waals surface area contributed by atoms with E-state index >= 15 is 0 Å². The fourth-order valence-corrected chi connectivity index (χ4v) is 3.59. The smallest absolute Gasteiger partial charge is 0.124 e. The molecule has 88 valence electrons. The molecule has 0 saturated carbocycles. The maximum Gasteiger partial charge on any atom is 0.124 e. The Morgan fingerprint density at radius 3 is 2.88 bits per heavy atom. The quantitative estimate of drug-likeness (QED) is 0.806. The van der Waals surface area contributed by atoms with Gasteiger partial charge >= 0.3 is 0 Å². The Labute approximate surface area is 114 Å². The van der Waals surface area contributed by atoms with Gasteiger partial charge in [-0.15, -0.1) is 11.3 Å². The lowest BCUT2D eigenvalue weighted by atomic mass is 10.1. The van der Waals surface area contributed by atoms with E-state index in [-0.39, 0.29) is 0 Å². The van der Waals surface area contributed by atoms with Crippen molar-refractivity contribution in [2.75, 3.05) is 0 Å². The highest BCUT2D eigenvalue weighted by Gasteiger charge is 2.11. The molecule has 1 aromatic heterocycles. The van der Waals surface area contributed by atoms with E-state index in [1.165, 1.54) is 35.3 Å². The lowest BCUT2D eigenvalue weighted by Gasteiger charge is -2.07. The summed E-state index contributed by atoms with van der Waals surface area (Å²) < 4.78 is 6.98. The van der Waals surface area contributed by atoms with Gasteiger partial charge in [0.2, 0.25) is 0 Å². The molecule has 0 bridgehead atoms. The maximum absolute atomic E-state index is 5.84. The van der Waals surface area contributed by atoms with Gasteiger partial charge < -0.3 is 4.74 Å². The number of ether oxygens (including phenoxy) is 1. The molecule has 0 amide bonds. The lowest BCUT2D eigenvalue weighted by molar-refractivity contribution is 0.309. The molecule has 2 aromatic rings. The monoisotopic (exact) mass is 308 g/mol. The summed E-state index contributed by atoms with van der Waals surface area (Å²) in [7, 11) is 0. The minimum atomic E-state index is 0.650. The van der Waals surface area contributed by atoms with Crippen LogP contribution in [0.2, 0.25) is 0 Å². The van der Waals surface area contributed by atoms with Crippen LogP contribution >= 0.6 is 27.3 Å². The van der Waals surface area contributed by atoms with Gasteiger partial charge in [-0.3, -0.25) is 0 Å². The number of rotatable bonds is 3. The van der Waals surface area contributed by atoms with Crippen LogP contribution in [0.3, 0.4) is 0 Å². The molecule has 1 heterocycles.